The number of benzene rings is 1. The zero-order chi connectivity index (χ0) is 14.7. The number of aryl methyl sites for hydroxylation is 1. The number of aromatic nitrogens is 1. The van der Waals surface area contributed by atoms with E-state index in [1.165, 1.54) is 6.07 Å². The van der Waals surface area contributed by atoms with Gasteiger partial charge >= 0.3 is 5.69 Å². The quantitative estimate of drug-likeness (QED) is 0.682. The minimum absolute atomic E-state index is 0.0805. The Labute approximate surface area is 116 Å². The average Bonchev–Trinajstić information content (AvgIpc) is 2.41. The van der Waals surface area contributed by atoms with Crippen molar-refractivity contribution in [1.29, 1.82) is 0 Å². The molecule has 0 aliphatic heterocycles. The third-order valence-corrected chi connectivity index (χ3v) is 2.81. The summed E-state index contributed by atoms with van der Waals surface area (Å²) in [5.74, 6) is 0.461. The fraction of sp³-hybridized carbons (Fsp3) is 0.214. The van der Waals surface area contributed by atoms with E-state index >= 15 is 0 Å². The largest absolute Gasteiger partial charge is 0.432 e. The molecule has 2 aromatic rings. The second-order valence-electron chi connectivity index (χ2n) is 4.55. The van der Waals surface area contributed by atoms with Gasteiger partial charge in [-0.2, -0.15) is 0 Å². The van der Waals surface area contributed by atoms with Crippen LogP contribution in [0, 0.1) is 17.0 Å². The van der Waals surface area contributed by atoms with Crippen LogP contribution in [0.5, 0.6) is 11.6 Å². The molecule has 2 rings (SSSR count). The molecule has 0 spiro atoms. The van der Waals surface area contributed by atoms with Gasteiger partial charge in [-0.15, -0.1) is 0 Å². The monoisotopic (exact) mass is 273 g/mol. The van der Waals surface area contributed by atoms with E-state index in [0.717, 1.165) is 11.1 Å². The Hall–Kier alpha value is -2.47. The fourth-order valence-corrected chi connectivity index (χ4v) is 1.69. The van der Waals surface area contributed by atoms with Crippen LogP contribution in [0.2, 0.25) is 0 Å². The molecule has 0 radical (unpaired) electrons. The van der Waals surface area contributed by atoms with Gasteiger partial charge in [-0.3, -0.25) is 10.1 Å². The first-order valence-electron chi connectivity index (χ1n) is 6.12. The van der Waals surface area contributed by atoms with E-state index in [9.17, 15) is 10.1 Å². The topological polar surface area (TPSA) is 91.3 Å². The first-order valence-corrected chi connectivity index (χ1v) is 6.12. The molecule has 1 heterocycles. The molecule has 6 nitrogen and oxygen atoms in total. The average molecular weight is 273 g/mol. The summed E-state index contributed by atoms with van der Waals surface area (Å²) in [6.45, 7) is 3.63. The SMILES string of the molecule is Cc1ccc(Oc2ccc([C@@H](C)N)cn2)c([N+](=O)[O-])c1. The van der Waals surface area contributed by atoms with E-state index in [2.05, 4.69) is 4.98 Å². The lowest BCUT2D eigenvalue weighted by Gasteiger charge is -2.08. The Kier molecular flexibility index (Phi) is 3.95. The van der Waals surface area contributed by atoms with Gasteiger partial charge < -0.3 is 10.5 Å². The molecule has 1 atom stereocenters. The van der Waals surface area contributed by atoms with Crippen molar-refractivity contribution >= 4 is 5.69 Å². The highest BCUT2D eigenvalue weighted by Crippen LogP contribution is 2.31. The van der Waals surface area contributed by atoms with E-state index < -0.39 is 4.92 Å². The van der Waals surface area contributed by atoms with Gasteiger partial charge in [0.15, 0.2) is 0 Å². The van der Waals surface area contributed by atoms with Crippen LogP contribution in [0.3, 0.4) is 0 Å². The predicted octanol–water partition coefficient (Wildman–Crippen LogP) is 3.11. The predicted molar refractivity (Wildman–Crippen MR) is 74.7 cm³/mol. The molecular formula is C14H15N3O3. The molecule has 0 bridgehead atoms. The van der Waals surface area contributed by atoms with Crippen molar-refractivity contribution in [2.24, 2.45) is 5.73 Å². The highest BCUT2D eigenvalue weighted by Gasteiger charge is 2.16. The standard InChI is InChI=1S/C14H15N3O3/c1-9-3-5-13(12(7-9)17(18)19)20-14-6-4-11(8-16-14)10(2)15/h3-8,10H,15H2,1-2H3/t10-/m1/s1. The van der Waals surface area contributed by atoms with Gasteiger partial charge in [-0.25, -0.2) is 4.98 Å². The summed E-state index contributed by atoms with van der Waals surface area (Å²) in [5, 5.41) is 11.0. The lowest BCUT2D eigenvalue weighted by Crippen LogP contribution is -2.05. The van der Waals surface area contributed by atoms with E-state index in [-0.39, 0.29) is 17.5 Å². The maximum atomic E-state index is 11.0. The summed E-state index contributed by atoms with van der Waals surface area (Å²) >= 11 is 0. The van der Waals surface area contributed by atoms with E-state index in [4.69, 9.17) is 10.5 Å². The molecule has 0 unspecified atom stereocenters. The third kappa shape index (κ3) is 3.10. The zero-order valence-electron chi connectivity index (χ0n) is 11.2. The van der Waals surface area contributed by atoms with Crippen LogP contribution in [-0.2, 0) is 0 Å². The van der Waals surface area contributed by atoms with Gasteiger partial charge in [-0.1, -0.05) is 12.1 Å². The lowest BCUT2D eigenvalue weighted by molar-refractivity contribution is -0.385. The molecule has 20 heavy (non-hydrogen) atoms. The number of hydrogen-bond donors (Lipinski definition) is 1. The molecule has 6 heteroatoms. The number of pyridine rings is 1. The summed E-state index contributed by atoms with van der Waals surface area (Å²) in [6, 6.07) is 8.08. The smallest absolute Gasteiger partial charge is 0.311 e. The Morgan fingerprint density at radius 2 is 2.10 bits per heavy atom. The highest BCUT2D eigenvalue weighted by atomic mass is 16.6. The summed E-state index contributed by atoms with van der Waals surface area (Å²) < 4.78 is 5.47. The molecule has 0 aliphatic rings. The molecule has 0 aliphatic carbocycles. The van der Waals surface area contributed by atoms with Crippen molar-refractivity contribution < 1.29 is 9.66 Å². The number of hydrogen-bond acceptors (Lipinski definition) is 5. The molecule has 0 saturated carbocycles. The maximum Gasteiger partial charge on any atom is 0.311 e. The van der Waals surface area contributed by atoms with Gasteiger partial charge in [0.05, 0.1) is 4.92 Å². The number of nitro groups is 1. The molecule has 0 amide bonds. The Morgan fingerprint density at radius 3 is 2.65 bits per heavy atom. The van der Waals surface area contributed by atoms with Crippen LogP contribution in [0.15, 0.2) is 36.5 Å². The van der Waals surface area contributed by atoms with Crippen molar-refractivity contribution in [3.05, 3.63) is 57.8 Å². The Bertz CT molecular complexity index is 624. The Balaban J connectivity index is 2.28. The summed E-state index contributed by atoms with van der Waals surface area (Å²) in [7, 11) is 0. The second kappa shape index (κ2) is 5.66. The number of nitrogens with two attached hydrogens (primary N) is 1. The normalized spacial score (nSPS) is 11.9. The number of nitrogens with zero attached hydrogens (tertiary/aromatic N) is 2. The zero-order valence-corrected chi connectivity index (χ0v) is 11.2. The molecule has 0 fully saturated rings. The van der Waals surface area contributed by atoms with Crippen molar-refractivity contribution in [2.45, 2.75) is 19.9 Å². The summed E-state index contributed by atoms with van der Waals surface area (Å²) in [4.78, 5) is 14.6. The van der Waals surface area contributed by atoms with Crippen LogP contribution in [0.4, 0.5) is 5.69 Å². The van der Waals surface area contributed by atoms with E-state index in [1.807, 2.05) is 6.92 Å². The van der Waals surface area contributed by atoms with Crippen LogP contribution >= 0.6 is 0 Å². The Morgan fingerprint density at radius 1 is 1.35 bits per heavy atom. The van der Waals surface area contributed by atoms with Crippen molar-refractivity contribution in [2.75, 3.05) is 0 Å². The van der Waals surface area contributed by atoms with Crippen molar-refractivity contribution in [1.82, 2.24) is 4.98 Å². The minimum atomic E-state index is -0.474. The molecule has 1 aromatic carbocycles. The van der Waals surface area contributed by atoms with E-state index in [0.29, 0.717) is 5.88 Å². The number of rotatable bonds is 4. The third-order valence-electron chi connectivity index (χ3n) is 2.81. The summed E-state index contributed by atoms with van der Waals surface area (Å²) in [6.07, 6.45) is 1.60. The fourth-order valence-electron chi connectivity index (χ4n) is 1.69. The lowest BCUT2D eigenvalue weighted by atomic mass is 10.2. The van der Waals surface area contributed by atoms with Crippen molar-refractivity contribution in [3.8, 4) is 11.6 Å². The molecule has 0 saturated heterocycles. The maximum absolute atomic E-state index is 11.0. The van der Waals surface area contributed by atoms with Gasteiger partial charge in [-0.05, 0) is 31.0 Å². The van der Waals surface area contributed by atoms with Crippen LogP contribution in [0.25, 0.3) is 0 Å². The van der Waals surface area contributed by atoms with Crippen LogP contribution in [-0.4, -0.2) is 9.91 Å². The number of ether oxygens (including phenoxy) is 1. The summed E-state index contributed by atoms with van der Waals surface area (Å²) in [5.41, 5.74) is 7.31. The van der Waals surface area contributed by atoms with Gasteiger partial charge in [0.25, 0.3) is 0 Å². The van der Waals surface area contributed by atoms with E-state index in [1.54, 1.807) is 37.4 Å². The first-order chi connectivity index (χ1) is 9.47. The van der Waals surface area contributed by atoms with Gasteiger partial charge in [0.1, 0.15) is 0 Å². The first kappa shape index (κ1) is 14.0. The van der Waals surface area contributed by atoms with Crippen LogP contribution in [0.1, 0.15) is 24.1 Å². The second-order valence-corrected chi connectivity index (χ2v) is 4.55. The van der Waals surface area contributed by atoms with Gasteiger partial charge in [0.2, 0.25) is 11.6 Å². The molecule has 1 aromatic heterocycles. The molecular weight excluding hydrogens is 258 g/mol. The molecule has 2 N–H and O–H groups in total. The van der Waals surface area contributed by atoms with Crippen molar-refractivity contribution in [3.63, 3.8) is 0 Å². The van der Waals surface area contributed by atoms with Gasteiger partial charge in [0, 0.05) is 24.4 Å². The molecule has 104 valence electrons. The highest BCUT2D eigenvalue weighted by molar-refractivity contribution is 5.49. The van der Waals surface area contributed by atoms with Crippen LogP contribution < -0.4 is 10.5 Å². The number of nitro benzene ring substituents is 1. The minimum Gasteiger partial charge on any atom is -0.432 e.